The van der Waals surface area contributed by atoms with Gasteiger partial charge in [0.05, 0.1) is 24.6 Å². The van der Waals surface area contributed by atoms with Gasteiger partial charge < -0.3 is 20.5 Å². The van der Waals surface area contributed by atoms with E-state index >= 15 is 0 Å². The van der Waals surface area contributed by atoms with E-state index in [0.29, 0.717) is 19.1 Å². The summed E-state index contributed by atoms with van der Waals surface area (Å²) in [6.45, 7) is 5.39. The van der Waals surface area contributed by atoms with E-state index in [0.717, 1.165) is 11.1 Å². The van der Waals surface area contributed by atoms with Gasteiger partial charge in [-0.25, -0.2) is 18.1 Å². The second-order valence-corrected chi connectivity index (χ2v) is 8.99. The van der Waals surface area contributed by atoms with E-state index in [-0.39, 0.29) is 48.5 Å². The van der Waals surface area contributed by atoms with Crippen LogP contribution in [0.1, 0.15) is 25.0 Å². The SMILES string of the molecule is CCNC(=NCc1cccc(S(=O)(=O)NCCOC)c1)NCC(C)(O)c1ccccc1.I. The van der Waals surface area contributed by atoms with Gasteiger partial charge in [0, 0.05) is 20.2 Å². The van der Waals surface area contributed by atoms with Crippen LogP contribution < -0.4 is 15.4 Å². The first-order chi connectivity index (χ1) is 14.8. The van der Waals surface area contributed by atoms with Gasteiger partial charge in [-0.2, -0.15) is 0 Å². The highest BCUT2D eigenvalue weighted by Crippen LogP contribution is 2.19. The number of halogens is 1. The fourth-order valence-electron chi connectivity index (χ4n) is 2.84. The maximum atomic E-state index is 12.4. The molecular formula is C22H33IN4O4S. The second-order valence-electron chi connectivity index (χ2n) is 7.23. The van der Waals surface area contributed by atoms with Crippen LogP contribution in [-0.4, -0.2) is 52.8 Å². The van der Waals surface area contributed by atoms with Crippen molar-refractivity contribution in [2.75, 3.05) is 33.4 Å². The molecule has 10 heteroatoms. The van der Waals surface area contributed by atoms with E-state index in [4.69, 9.17) is 4.74 Å². The van der Waals surface area contributed by atoms with Crippen LogP contribution in [0.25, 0.3) is 0 Å². The Labute approximate surface area is 207 Å². The average Bonchev–Trinajstić information content (AvgIpc) is 2.76. The first-order valence-corrected chi connectivity index (χ1v) is 11.6. The van der Waals surface area contributed by atoms with Crippen molar-refractivity contribution in [2.24, 2.45) is 4.99 Å². The molecule has 0 aliphatic carbocycles. The Morgan fingerprint density at radius 1 is 1.12 bits per heavy atom. The largest absolute Gasteiger partial charge is 0.384 e. The predicted molar refractivity (Wildman–Crippen MR) is 138 cm³/mol. The molecule has 0 fully saturated rings. The molecule has 1 atom stereocenters. The lowest BCUT2D eigenvalue weighted by Crippen LogP contribution is -2.44. The van der Waals surface area contributed by atoms with Gasteiger partial charge in [0.15, 0.2) is 5.96 Å². The Bertz CT molecular complexity index is 953. The van der Waals surface area contributed by atoms with E-state index in [1.54, 1.807) is 25.1 Å². The molecule has 0 saturated carbocycles. The minimum Gasteiger partial charge on any atom is -0.384 e. The van der Waals surface area contributed by atoms with Crippen molar-refractivity contribution in [3.8, 4) is 0 Å². The Balaban J connectivity index is 0.00000512. The highest BCUT2D eigenvalue weighted by atomic mass is 127. The molecule has 0 saturated heterocycles. The van der Waals surface area contributed by atoms with Gasteiger partial charge >= 0.3 is 0 Å². The lowest BCUT2D eigenvalue weighted by molar-refractivity contribution is 0.0617. The Kier molecular flexibility index (Phi) is 12.1. The van der Waals surface area contributed by atoms with E-state index < -0.39 is 15.6 Å². The fourth-order valence-corrected chi connectivity index (χ4v) is 3.92. The number of hydrogen-bond acceptors (Lipinski definition) is 5. The van der Waals surface area contributed by atoms with Gasteiger partial charge in [-0.3, -0.25) is 0 Å². The number of methoxy groups -OCH3 is 1. The van der Waals surface area contributed by atoms with E-state index in [2.05, 4.69) is 20.3 Å². The number of nitrogens with zero attached hydrogens (tertiary/aromatic N) is 1. The monoisotopic (exact) mass is 576 g/mol. The number of ether oxygens (including phenoxy) is 1. The van der Waals surface area contributed by atoms with Crippen LogP contribution in [0.4, 0.5) is 0 Å². The normalized spacial score (nSPS) is 13.7. The third kappa shape index (κ3) is 9.02. The van der Waals surface area contributed by atoms with Crippen LogP contribution in [0.3, 0.4) is 0 Å². The maximum absolute atomic E-state index is 12.4. The van der Waals surface area contributed by atoms with Gasteiger partial charge in [0.2, 0.25) is 10.0 Å². The Morgan fingerprint density at radius 2 is 1.84 bits per heavy atom. The fraction of sp³-hybridized carbons (Fsp3) is 0.409. The summed E-state index contributed by atoms with van der Waals surface area (Å²) < 4.78 is 32.2. The van der Waals surface area contributed by atoms with Crippen molar-refractivity contribution in [2.45, 2.75) is 30.9 Å². The second kappa shape index (κ2) is 13.7. The van der Waals surface area contributed by atoms with Crippen LogP contribution in [0.2, 0.25) is 0 Å². The van der Waals surface area contributed by atoms with Gasteiger partial charge in [-0.15, -0.1) is 24.0 Å². The first-order valence-electron chi connectivity index (χ1n) is 10.2. The lowest BCUT2D eigenvalue weighted by Gasteiger charge is -2.25. The van der Waals surface area contributed by atoms with Crippen molar-refractivity contribution < 1.29 is 18.3 Å². The molecule has 2 aromatic carbocycles. The molecule has 178 valence electrons. The zero-order valence-corrected chi connectivity index (χ0v) is 21.8. The lowest BCUT2D eigenvalue weighted by atomic mass is 9.96. The summed E-state index contributed by atoms with van der Waals surface area (Å²) in [6, 6.07) is 16.1. The molecule has 8 nitrogen and oxygen atoms in total. The first kappa shape index (κ1) is 28.3. The van der Waals surface area contributed by atoms with Crippen molar-refractivity contribution in [1.82, 2.24) is 15.4 Å². The average molecular weight is 577 g/mol. The van der Waals surface area contributed by atoms with Gasteiger partial charge in [0.25, 0.3) is 0 Å². The zero-order valence-electron chi connectivity index (χ0n) is 18.7. The third-order valence-electron chi connectivity index (χ3n) is 4.57. The molecular weight excluding hydrogens is 543 g/mol. The summed E-state index contributed by atoms with van der Waals surface area (Å²) in [5, 5.41) is 17.1. The van der Waals surface area contributed by atoms with Crippen LogP contribution in [0.5, 0.6) is 0 Å². The molecule has 0 aliphatic rings. The molecule has 0 aromatic heterocycles. The van der Waals surface area contributed by atoms with Gasteiger partial charge in [-0.1, -0.05) is 42.5 Å². The molecule has 0 spiro atoms. The molecule has 0 radical (unpaired) electrons. The quantitative estimate of drug-likeness (QED) is 0.141. The summed E-state index contributed by atoms with van der Waals surface area (Å²) in [5.41, 5.74) is 0.484. The van der Waals surface area contributed by atoms with Crippen molar-refractivity contribution in [3.05, 3.63) is 65.7 Å². The number of nitrogens with one attached hydrogen (secondary N) is 3. The van der Waals surface area contributed by atoms with Crippen LogP contribution >= 0.6 is 24.0 Å². The molecule has 0 aliphatic heterocycles. The molecule has 0 heterocycles. The number of aliphatic hydroxyl groups is 1. The summed E-state index contributed by atoms with van der Waals surface area (Å²) >= 11 is 0. The number of sulfonamides is 1. The minimum atomic E-state index is -3.61. The number of guanidine groups is 1. The smallest absolute Gasteiger partial charge is 0.240 e. The summed E-state index contributed by atoms with van der Waals surface area (Å²) in [5.74, 6) is 0.533. The highest BCUT2D eigenvalue weighted by Gasteiger charge is 2.23. The number of rotatable bonds is 11. The molecule has 2 rings (SSSR count). The Morgan fingerprint density at radius 3 is 2.50 bits per heavy atom. The number of benzene rings is 2. The van der Waals surface area contributed by atoms with Gasteiger partial charge in [0.1, 0.15) is 5.60 Å². The molecule has 2 aromatic rings. The van der Waals surface area contributed by atoms with E-state index in [1.165, 1.54) is 7.11 Å². The molecule has 32 heavy (non-hydrogen) atoms. The van der Waals surface area contributed by atoms with Gasteiger partial charge in [-0.05, 0) is 37.1 Å². The standard InChI is InChI=1S/C22H32N4O4S.HI/c1-4-23-21(25-17-22(2,27)19-10-6-5-7-11-19)24-16-18-9-8-12-20(15-18)31(28,29)26-13-14-30-3;/h5-12,15,26-27H,4,13-14,16-17H2,1-3H3,(H2,23,24,25);1H. The Hall–Kier alpha value is -1.73. The molecule has 1 unspecified atom stereocenters. The summed E-state index contributed by atoms with van der Waals surface area (Å²) in [4.78, 5) is 4.71. The number of aliphatic imine (C=N–C) groups is 1. The zero-order chi connectivity index (χ0) is 22.7. The van der Waals surface area contributed by atoms with Crippen LogP contribution in [0, 0.1) is 0 Å². The molecule has 0 amide bonds. The predicted octanol–water partition coefficient (Wildman–Crippen LogP) is 2.19. The minimum absolute atomic E-state index is 0. The summed E-state index contributed by atoms with van der Waals surface area (Å²) in [6.07, 6.45) is 0. The van der Waals surface area contributed by atoms with Crippen LogP contribution in [0.15, 0.2) is 64.5 Å². The topological polar surface area (TPSA) is 112 Å². The highest BCUT2D eigenvalue weighted by molar-refractivity contribution is 14.0. The summed E-state index contributed by atoms with van der Waals surface area (Å²) in [7, 11) is -2.09. The van der Waals surface area contributed by atoms with E-state index in [9.17, 15) is 13.5 Å². The van der Waals surface area contributed by atoms with Crippen LogP contribution in [-0.2, 0) is 26.9 Å². The molecule has 0 bridgehead atoms. The van der Waals surface area contributed by atoms with Crippen molar-refractivity contribution in [1.29, 1.82) is 0 Å². The number of hydrogen-bond donors (Lipinski definition) is 4. The van der Waals surface area contributed by atoms with Crippen molar-refractivity contribution >= 4 is 40.0 Å². The van der Waals surface area contributed by atoms with E-state index in [1.807, 2.05) is 43.3 Å². The van der Waals surface area contributed by atoms with Crippen molar-refractivity contribution in [3.63, 3.8) is 0 Å². The third-order valence-corrected chi connectivity index (χ3v) is 6.03. The molecule has 4 N–H and O–H groups in total. The maximum Gasteiger partial charge on any atom is 0.240 e.